The summed E-state index contributed by atoms with van der Waals surface area (Å²) in [6, 6.07) is 14.6. The predicted molar refractivity (Wildman–Crippen MR) is 153 cm³/mol. The Bertz CT molecular complexity index is 913. The van der Waals surface area contributed by atoms with E-state index in [0.717, 1.165) is 51.4 Å². The van der Waals surface area contributed by atoms with E-state index in [1.165, 1.54) is 25.7 Å². The monoisotopic (exact) mass is 522 g/mol. The van der Waals surface area contributed by atoms with Gasteiger partial charge in [0, 0.05) is 12.1 Å². The van der Waals surface area contributed by atoms with Gasteiger partial charge in [-0.1, -0.05) is 89.5 Å². The Kier molecular flexibility index (Phi) is 13.0. The summed E-state index contributed by atoms with van der Waals surface area (Å²) in [5.74, 6) is 0.915. The first-order valence-corrected chi connectivity index (χ1v) is 14.7. The van der Waals surface area contributed by atoms with Gasteiger partial charge in [0.25, 0.3) is 11.8 Å². The van der Waals surface area contributed by atoms with Crippen LogP contribution in [0.25, 0.3) is 0 Å². The Labute approximate surface area is 228 Å². The molecule has 1 aliphatic carbocycles. The van der Waals surface area contributed by atoms with E-state index in [-0.39, 0.29) is 23.9 Å². The molecule has 0 radical (unpaired) electrons. The predicted octanol–water partition coefficient (Wildman–Crippen LogP) is 7.08. The van der Waals surface area contributed by atoms with Crippen LogP contribution in [0.5, 0.6) is 11.5 Å². The highest BCUT2D eigenvalue weighted by Crippen LogP contribution is 2.24. The van der Waals surface area contributed by atoms with Gasteiger partial charge in [-0.2, -0.15) is 0 Å². The van der Waals surface area contributed by atoms with Gasteiger partial charge in [0.1, 0.15) is 11.5 Å². The van der Waals surface area contributed by atoms with Crippen molar-refractivity contribution in [2.45, 2.75) is 103 Å². The Morgan fingerprint density at radius 1 is 0.658 bits per heavy atom. The van der Waals surface area contributed by atoms with E-state index in [2.05, 4.69) is 24.5 Å². The number of carbonyl (C=O) groups excluding carboxylic acids is 2. The minimum atomic E-state index is -0.156. The lowest BCUT2D eigenvalue weighted by Crippen LogP contribution is -2.53. The van der Waals surface area contributed by atoms with Crippen molar-refractivity contribution < 1.29 is 19.1 Å². The van der Waals surface area contributed by atoms with Gasteiger partial charge in [0.2, 0.25) is 0 Å². The number of carbonyl (C=O) groups is 2. The maximum absolute atomic E-state index is 13.3. The molecule has 0 aromatic heterocycles. The van der Waals surface area contributed by atoms with E-state index in [1.54, 1.807) is 12.1 Å². The summed E-state index contributed by atoms with van der Waals surface area (Å²) in [5, 5.41) is 6.39. The first-order chi connectivity index (χ1) is 18.6. The smallest absolute Gasteiger partial charge is 0.255 e. The number of para-hydroxylation sites is 2. The topological polar surface area (TPSA) is 76.7 Å². The fraction of sp³-hybridized carbons (Fsp3) is 0.562. The molecule has 1 saturated carbocycles. The van der Waals surface area contributed by atoms with Crippen LogP contribution in [0.3, 0.4) is 0 Å². The van der Waals surface area contributed by atoms with Gasteiger partial charge in [0.05, 0.1) is 24.3 Å². The first kappa shape index (κ1) is 29.5. The van der Waals surface area contributed by atoms with Crippen molar-refractivity contribution in [2.75, 3.05) is 13.2 Å². The molecule has 0 spiro atoms. The van der Waals surface area contributed by atoms with Crippen molar-refractivity contribution in [1.29, 1.82) is 0 Å². The Hall–Kier alpha value is -3.02. The van der Waals surface area contributed by atoms with E-state index in [9.17, 15) is 9.59 Å². The second kappa shape index (κ2) is 16.7. The highest BCUT2D eigenvalue weighted by molar-refractivity contribution is 5.98. The lowest BCUT2D eigenvalue weighted by molar-refractivity contribution is 0.0858. The molecule has 3 rings (SSSR count). The molecule has 1 aliphatic rings. The van der Waals surface area contributed by atoms with Crippen molar-refractivity contribution in [2.24, 2.45) is 0 Å². The molecule has 6 nitrogen and oxygen atoms in total. The van der Waals surface area contributed by atoms with Crippen molar-refractivity contribution in [3.05, 3.63) is 59.7 Å². The van der Waals surface area contributed by atoms with Crippen LogP contribution in [-0.2, 0) is 0 Å². The number of benzene rings is 2. The van der Waals surface area contributed by atoms with Gasteiger partial charge >= 0.3 is 0 Å². The summed E-state index contributed by atoms with van der Waals surface area (Å²) in [4.78, 5) is 26.6. The number of ether oxygens (including phenoxy) is 2. The number of rotatable bonds is 16. The molecular formula is C32H46N2O4. The average molecular weight is 523 g/mol. The van der Waals surface area contributed by atoms with Gasteiger partial charge < -0.3 is 20.1 Å². The molecule has 6 heteroatoms. The van der Waals surface area contributed by atoms with Crippen LogP contribution in [0.15, 0.2) is 48.5 Å². The average Bonchev–Trinajstić information content (AvgIpc) is 2.94. The fourth-order valence-electron chi connectivity index (χ4n) is 4.95. The molecule has 0 aliphatic heterocycles. The first-order valence-electron chi connectivity index (χ1n) is 14.7. The van der Waals surface area contributed by atoms with E-state index in [0.29, 0.717) is 35.8 Å². The summed E-state index contributed by atoms with van der Waals surface area (Å²) >= 11 is 0. The molecule has 2 atom stereocenters. The summed E-state index contributed by atoms with van der Waals surface area (Å²) in [7, 11) is 0. The molecule has 0 bridgehead atoms. The Morgan fingerprint density at radius 3 is 1.50 bits per heavy atom. The van der Waals surface area contributed by atoms with E-state index < -0.39 is 0 Å². The third kappa shape index (κ3) is 9.38. The lowest BCUT2D eigenvalue weighted by atomic mass is 9.89. The molecule has 1 fully saturated rings. The maximum atomic E-state index is 13.3. The zero-order chi connectivity index (χ0) is 27.0. The van der Waals surface area contributed by atoms with Gasteiger partial charge in [-0.3, -0.25) is 9.59 Å². The normalized spacial score (nSPS) is 17.0. The Balaban J connectivity index is 1.60. The van der Waals surface area contributed by atoms with Crippen LogP contribution in [0.2, 0.25) is 0 Å². The SMILES string of the molecule is CCCCCCOc1ccccc1C(=O)NC1CCCCC1NC(=O)c1ccccc1OCCCCCC. The third-order valence-corrected chi connectivity index (χ3v) is 7.17. The van der Waals surface area contributed by atoms with Crippen molar-refractivity contribution >= 4 is 11.8 Å². The maximum Gasteiger partial charge on any atom is 0.255 e. The molecule has 2 unspecified atom stereocenters. The molecule has 38 heavy (non-hydrogen) atoms. The second-order valence-corrected chi connectivity index (χ2v) is 10.3. The Morgan fingerprint density at radius 2 is 1.08 bits per heavy atom. The van der Waals surface area contributed by atoms with Crippen LogP contribution in [-0.4, -0.2) is 37.1 Å². The second-order valence-electron chi connectivity index (χ2n) is 10.3. The highest BCUT2D eigenvalue weighted by Gasteiger charge is 2.29. The number of unbranched alkanes of at least 4 members (excludes halogenated alkanes) is 6. The van der Waals surface area contributed by atoms with Gasteiger partial charge in [0.15, 0.2) is 0 Å². The summed E-state index contributed by atoms with van der Waals surface area (Å²) < 4.78 is 11.9. The van der Waals surface area contributed by atoms with E-state index in [1.807, 2.05) is 36.4 Å². The van der Waals surface area contributed by atoms with Crippen LogP contribution < -0.4 is 20.1 Å². The molecule has 0 saturated heterocycles. The molecule has 0 heterocycles. The van der Waals surface area contributed by atoms with Crippen LogP contribution in [0, 0.1) is 0 Å². The molecular weight excluding hydrogens is 476 g/mol. The number of amides is 2. The molecule has 2 aromatic rings. The largest absolute Gasteiger partial charge is 0.493 e. The molecule has 2 amide bonds. The number of hydrogen-bond acceptors (Lipinski definition) is 4. The fourth-order valence-corrected chi connectivity index (χ4v) is 4.95. The van der Waals surface area contributed by atoms with Crippen LogP contribution in [0.1, 0.15) is 112 Å². The van der Waals surface area contributed by atoms with E-state index >= 15 is 0 Å². The van der Waals surface area contributed by atoms with E-state index in [4.69, 9.17) is 9.47 Å². The minimum absolute atomic E-state index is 0.139. The molecule has 208 valence electrons. The van der Waals surface area contributed by atoms with Crippen LogP contribution >= 0.6 is 0 Å². The zero-order valence-electron chi connectivity index (χ0n) is 23.3. The number of hydrogen-bond donors (Lipinski definition) is 2. The highest BCUT2D eigenvalue weighted by atomic mass is 16.5. The molecule has 2 N–H and O–H groups in total. The molecule has 2 aromatic carbocycles. The quantitative estimate of drug-likeness (QED) is 0.231. The van der Waals surface area contributed by atoms with Gasteiger partial charge in [-0.05, 0) is 49.9 Å². The summed E-state index contributed by atoms with van der Waals surface area (Å²) in [6.45, 7) is 5.58. The van der Waals surface area contributed by atoms with Crippen molar-refractivity contribution in [3.63, 3.8) is 0 Å². The summed E-state index contributed by atoms with van der Waals surface area (Å²) in [5.41, 5.74) is 1.08. The number of nitrogens with one attached hydrogen (secondary N) is 2. The summed E-state index contributed by atoms with van der Waals surface area (Å²) in [6.07, 6.45) is 12.6. The van der Waals surface area contributed by atoms with Gasteiger partial charge in [-0.25, -0.2) is 0 Å². The van der Waals surface area contributed by atoms with Gasteiger partial charge in [-0.15, -0.1) is 0 Å². The lowest BCUT2D eigenvalue weighted by Gasteiger charge is -2.33. The van der Waals surface area contributed by atoms with Crippen LogP contribution in [0.4, 0.5) is 0 Å². The van der Waals surface area contributed by atoms with Crippen molar-refractivity contribution in [1.82, 2.24) is 10.6 Å². The third-order valence-electron chi connectivity index (χ3n) is 7.17. The van der Waals surface area contributed by atoms with Crippen molar-refractivity contribution in [3.8, 4) is 11.5 Å². The zero-order valence-corrected chi connectivity index (χ0v) is 23.3. The standard InChI is InChI=1S/C32H46N2O4/c1-3-5-7-15-23-37-29-21-13-9-17-25(29)31(35)33-27-19-11-12-20-28(27)34-32(36)26-18-10-14-22-30(26)38-24-16-8-6-4-2/h9-10,13-14,17-18,21-22,27-28H,3-8,11-12,15-16,19-20,23-24H2,1-2H3,(H,33,35)(H,34,36). The minimum Gasteiger partial charge on any atom is -0.493 e.